The molecule has 9 heavy (non-hydrogen) atoms. The largest absolute Gasteiger partial charge is 0.392 e. The first-order chi connectivity index (χ1) is 4.20. The minimum absolute atomic E-state index is 0.0914. The van der Waals surface area contributed by atoms with Gasteiger partial charge in [0.05, 0.1) is 11.5 Å². The van der Waals surface area contributed by atoms with Gasteiger partial charge < -0.3 is 5.11 Å². The topological polar surface area (TPSA) is 20.2 Å². The van der Waals surface area contributed by atoms with Gasteiger partial charge >= 0.3 is 0 Å². The first kappa shape index (κ1) is 7.10. The Labute approximate surface area is 60.3 Å². The van der Waals surface area contributed by atoms with Crippen molar-refractivity contribution in [2.24, 2.45) is 0 Å². The van der Waals surface area contributed by atoms with E-state index in [2.05, 4.69) is 6.58 Å². The normalized spacial score (nSPS) is 36.9. The van der Waals surface area contributed by atoms with Crippen molar-refractivity contribution in [3.63, 3.8) is 0 Å². The lowest BCUT2D eigenvalue weighted by atomic mass is 9.93. The van der Waals surface area contributed by atoms with E-state index in [9.17, 15) is 0 Å². The van der Waals surface area contributed by atoms with Crippen LogP contribution in [0, 0.1) is 0 Å². The Bertz CT molecular complexity index is 122. The van der Waals surface area contributed by atoms with E-state index in [0.29, 0.717) is 0 Å². The van der Waals surface area contributed by atoms with Gasteiger partial charge in [0.25, 0.3) is 0 Å². The molecule has 0 saturated heterocycles. The van der Waals surface area contributed by atoms with Gasteiger partial charge in [-0.15, -0.1) is 11.6 Å². The summed E-state index contributed by atoms with van der Waals surface area (Å²) in [6, 6.07) is 0. The summed E-state index contributed by atoms with van der Waals surface area (Å²) in [7, 11) is 0. The molecule has 2 atom stereocenters. The Morgan fingerprint density at radius 2 is 2.33 bits per heavy atom. The fraction of sp³-hybridized carbons (Fsp3) is 0.714. The molecule has 52 valence electrons. The lowest BCUT2D eigenvalue weighted by molar-refractivity contribution is 0.147. The van der Waals surface area contributed by atoms with Crippen LogP contribution in [0.15, 0.2) is 12.2 Å². The minimum Gasteiger partial charge on any atom is -0.392 e. The highest BCUT2D eigenvalue weighted by atomic mass is 35.5. The molecule has 0 heterocycles. The van der Waals surface area contributed by atoms with Crippen LogP contribution in [0.4, 0.5) is 0 Å². The van der Waals surface area contributed by atoms with Crippen molar-refractivity contribution in [3.05, 3.63) is 12.2 Å². The molecule has 0 aromatic heterocycles. The van der Waals surface area contributed by atoms with Gasteiger partial charge in [0, 0.05) is 0 Å². The Morgan fingerprint density at radius 3 is 2.78 bits per heavy atom. The van der Waals surface area contributed by atoms with Gasteiger partial charge in [-0.3, -0.25) is 0 Å². The zero-order chi connectivity index (χ0) is 6.85. The Balaban J connectivity index is 2.44. The van der Waals surface area contributed by atoms with Gasteiger partial charge in [0.2, 0.25) is 0 Å². The van der Waals surface area contributed by atoms with Crippen LogP contribution >= 0.6 is 11.6 Å². The summed E-state index contributed by atoms with van der Waals surface area (Å²) in [5.41, 5.74) is 1.17. The molecular formula is C7H11ClO. The number of aliphatic hydroxyl groups excluding tert-OH is 1. The number of halogens is 1. The molecule has 1 N–H and O–H groups in total. The smallest absolute Gasteiger partial charge is 0.0709 e. The van der Waals surface area contributed by atoms with Gasteiger partial charge in [0.1, 0.15) is 0 Å². The highest BCUT2D eigenvalue weighted by Crippen LogP contribution is 2.25. The van der Waals surface area contributed by atoms with E-state index in [1.807, 2.05) is 0 Å². The van der Waals surface area contributed by atoms with Crippen LogP contribution in [-0.2, 0) is 0 Å². The second kappa shape index (κ2) is 2.72. The van der Waals surface area contributed by atoms with Crippen LogP contribution in [0.5, 0.6) is 0 Å². The maximum Gasteiger partial charge on any atom is 0.0709 e. The number of allylic oxidation sites excluding steroid dienone is 1. The number of hydrogen-bond donors (Lipinski definition) is 1. The number of hydrogen-bond acceptors (Lipinski definition) is 1. The van der Waals surface area contributed by atoms with Crippen LogP contribution in [0.25, 0.3) is 0 Å². The summed E-state index contributed by atoms with van der Waals surface area (Å²) in [5.74, 6) is 0. The minimum atomic E-state index is -0.308. The second-order valence-electron chi connectivity index (χ2n) is 2.58. The Morgan fingerprint density at radius 1 is 1.67 bits per heavy atom. The molecule has 0 radical (unpaired) electrons. The van der Waals surface area contributed by atoms with Crippen molar-refractivity contribution in [2.45, 2.75) is 30.7 Å². The van der Waals surface area contributed by atoms with Gasteiger partial charge in [-0.05, 0) is 19.3 Å². The SMILES string of the molecule is C=C1CCC(O)C(Cl)C1. The van der Waals surface area contributed by atoms with Crippen molar-refractivity contribution in [2.75, 3.05) is 0 Å². The molecule has 0 bridgehead atoms. The van der Waals surface area contributed by atoms with Crippen LogP contribution in [0.1, 0.15) is 19.3 Å². The molecule has 1 rings (SSSR count). The van der Waals surface area contributed by atoms with E-state index < -0.39 is 0 Å². The van der Waals surface area contributed by atoms with E-state index in [1.54, 1.807) is 0 Å². The standard InChI is InChI=1S/C7H11ClO/c1-5-2-3-7(9)6(8)4-5/h6-7,9H,1-4H2. The third-order valence-electron chi connectivity index (χ3n) is 1.69. The average Bonchev–Trinajstić information content (AvgIpc) is 1.80. The first-order valence-corrected chi connectivity index (χ1v) is 3.62. The summed E-state index contributed by atoms with van der Waals surface area (Å²) < 4.78 is 0. The Hall–Kier alpha value is -0.0100. The fourth-order valence-electron chi connectivity index (χ4n) is 1.05. The predicted octanol–water partition coefficient (Wildman–Crippen LogP) is 1.69. The van der Waals surface area contributed by atoms with Gasteiger partial charge in [-0.25, -0.2) is 0 Å². The van der Waals surface area contributed by atoms with Crippen LogP contribution < -0.4 is 0 Å². The molecule has 2 heteroatoms. The zero-order valence-electron chi connectivity index (χ0n) is 5.31. The zero-order valence-corrected chi connectivity index (χ0v) is 6.06. The molecule has 1 fully saturated rings. The molecule has 1 saturated carbocycles. The second-order valence-corrected chi connectivity index (χ2v) is 3.14. The van der Waals surface area contributed by atoms with Crippen LogP contribution in [-0.4, -0.2) is 16.6 Å². The number of alkyl halides is 1. The molecule has 0 amide bonds. The first-order valence-electron chi connectivity index (χ1n) is 3.19. The maximum absolute atomic E-state index is 9.12. The predicted molar refractivity (Wildman–Crippen MR) is 38.6 cm³/mol. The van der Waals surface area contributed by atoms with Crippen LogP contribution in [0.3, 0.4) is 0 Å². The van der Waals surface area contributed by atoms with E-state index >= 15 is 0 Å². The molecule has 0 aromatic carbocycles. The van der Waals surface area contributed by atoms with Crippen molar-refractivity contribution < 1.29 is 5.11 Å². The molecular weight excluding hydrogens is 136 g/mol. The van der Waals surface area contributed by atoms with E-state index in [0.717, 1.165) is 19.3 Å². The highest BCUT2D eigenvalue weighted by Gasteiger charge is 2.21. The Kier molecular flexibility index (Phi) is 2.14. The maximum atomic E-state index is 9.12. The van der Waals surface area contributed by atoms with Gasteiger partial charge in [-0.2, -0.15) is 0 Å². The summed E-state index contributed by atoms with van der Waals surface area (Å²) in [4.78, 5) is 0. The van der Waals surface area contributed by atoms with Gasteiger partial charge in [-0.1, -0.05) is 12.2 Å². The molecule has 0 aliphatic heterocycles. The third kappa shape index (κ3) is 1.70. The van der Waals surface area contributed by atoms with E-state index in [4.69, 9.17) is 16.7 Å². The molecule has 2 unspecified atom stereocenters. The summed E-state index contributed by atoms with van der Waals surface area (Å²) in [5, 5.41) is 9.03. The third-order valence-corrected chi connectivity index (χ3v) is 2.14. The quantitative estimate of drug-likeness (QED) is 0.408. The number of rotatable bonds is 0. The molecule has 1 aliphatic carbocycles. The molecule has 1 nitrogen and oxygen atoms in total. The fourth-order valence-corrected chi connectivity index (χ4v) is 1.39. The van der Waals surface area contributed by atoms with Crippen molar-refractivity contribution in [3.8, 4) is 0 Å². The lowest BCUT2D eigenvalue weighted by Crippen LogP contribution is -2.25. The van der Waals surface area contributed by atoms with Gasteiger partial charge in [0.15, 0.2) is 0 Å². The average molecular weight is 147 g/mol. The number of aliphatic hydroxyl groups is 1. The summed E-state index contributed by atoms with van der Waals surface area (Å²) in [6.07, 6.45) is 2.19. The molecule has 0 aromatic rings. The van der Waals surface area contributed by atoms with Crippen molar-refractivity contribution >= 4 is 11.6 Å². The van der Waals surface area contributed by atoms with E-state index in [1.165, 1.54) is 5.57 Å². The monoisotopic (exact) mass is 146 g/mol. The van der Waals surface area contributed by atoms with E-state index in [-0.39, 0.29) is 11.5 Å². The summed E-state index contributed by atoms with van der Waals surface area (Å²) in [6.45, 7) is 3.80. The highest BCUT2D eigenvalue weighted by molar-refractivity contribution is 6.21. The molecule has 1 aliphatic rings. The lowest BCUT2D eigenvalue weighted by Gasteiger charge is -2.23. The van der Waals surface area contributed by atoms with Crippen LogP contribution in [0.2, 0.25) is 0 Å². The van der Waals surface area contributed by atoms with Crippen molar-refractivity contribution in [1.82, 2.24) is 0 Å². The summed E-state index contributed by atoms with van der Waals surface area (Å²) >= 11 is 5.75. The molecule has 0 spiro atoms. The van der Waals surface area contributed by atoms with Crippen molar-refractivity contribution in [1.29, 1.82) is 0 Å².